The fourth-order valence-corrected chi connectivity index (χ4v) is 4.10. The predicted molar refractivity (Wildman–Crippen MR) is 110 cm³/mol. The second-order valence-corrected chi connectivity index (χ2v) is 7.56. The summed E-state index contributed by atoms with van der Waals surface area (Å²) in [6.07, 6.45) is 5.33. The van der Waals surface area contributed by atoms with E-state index in [9.17, 15) is 9.90 Å². The Bertz CT molecular complexity index is 1040. The highest BCUT2D eigenvalue weighted by Crippen LogP contribution is 2.38. The van der Waals surface area contributed by atoms with Gasteiger partial charge in [0.15, 0.2) is 0 Å². The largest absolute Gasteiger partial charge is 0.506 e. The van der Waals surface area contributed by atoms with Gasteiger partial charge in [0.1, 0.15) is 5.75 Å². The van der Waals surface area contributed by atoms with Crippen LogP contribution in [0.1, 0.15) is 11.1 Å². The molecule has 0 atom stereocenters. The fraction of sp³-hybridized carbons (Fsp3) is 0. The number of carbonyl (C=O) groups is 1. The quantitative estimate of drug-likeness (QED) is 0.487. The molecule has 0 saturated carbocycles. The van der Waals surface area contributed by atoms with Crippen molar-refractivity contribution in [3.63, 3.8) is 0 Å². The van der Waals surface area contributed by atoms with Crippen molar-refractivity contribution in [2.24, 2.45) is 0 Å². The van der Waals surface area contributed by atoms with Crippen LogP contribution in [-0.4, -0.2) is 16.0 Å². The molecule has 2 aromatic carbocycles. The maximum absolute atomic E-state index is 12.5. The first-order chi connectivity index (χ1) is 12.5. The van der Waals surface area contributed by atoms with E-state index in [4.69, 9.17) is 0 Å². The number of amides is 1. The third-order valence-corrected chi connectivity index (χ3v) is 5.36. The van der Waals surface area contributed by atoms with E-state index < -0.39 is 0 Å². The maximum atomic E-state index is 12.5. The molecule has 1 aliphatic rings. The van der Waals surface area contributed by atoms with Crippen LogP contribution in [0.25, 0.3) is 22.8 Å². The van der Waals surface area contributed by atoms with Crippen LogP contribution in [0.15, 0.2) is 63.8 Å². The van der Waals surface area contributed by atoms with Gasteiger partial charge in [-0.05, 0) is 79.4 Å². The van der Waals surface area contributed by atoms with Gasteiger partial charge in [0.05, 0.1) is 8.95 Å². The second-order valence-electron chi connectivity index (χ2n) is 5.85. The molecular weight excluding hydrogens is 460 g/mol. The van der Waals surface area contributed by atoms with Gasteiger partial charge in [-0.25, -0.2) is 0 Å². The minimum atomic E-state index is -0.149. The van der Waals surface area contributed by atoms with E-state index >= 15 is 0 Å². The van der Waals surface area contributed by atoms with Gasteiger partial charge >= 0.3 is 0 Å². The van der Waals surface area contributed by atoms with Crippen molar-refractivity contribution in [2.45, 2.75) is 0 Å². The zero-order valence-corrected chi connectivity index (χ0v) is 16.5. The van der Waals surface area contributed by atoms with Crippen LogP contribution in [0, 0.1) is 0 Å². The number of hydrogen-bond acceptors (Lipinski definition) is 3. The molecule has 1 aliphatic heterocycles. The Kier molecular flexibility index (Phi) is 4.38. The number of rotatable bonds is 2. The number of pyridine rings is 1. The van der Waals surface area contributed by atoms with Gasteiger partial charge in [-0.1, -0.05) is 12.1 Å². The predicted octanol–water partition coefficient (Wildman–Crippen LogP) is 5.47. The highest BCUT2D eigenvalue weighted by molar-refractivity contribution is 9.11. The first-order valence-electron chi connectivity index (χ1n) is 7.79. The number of anilines is 1. The van der Waals surface area contributed by atoms with Crippen molar-refractivity contribution in [2.75, 3.05) is 5.32 Å². The van der Waals surface area contributed by atoms with Crippen molar-refractivity contribution < 1.29 is 9.90 Å². The number of nitrogens with one attached hydrogen (secondary N) is 1. The molecule has 2 N–H and O–H groups in total. The zero-order chi connectivity index (χ0) is 18.3. The lowest BCUT2D eigenvalue weighted by atomic mass is 9.99. The third kappa shape index (κ3) is 3.06. The van der Waals surface area contributed by atoms with Crippen LogP contribution in [0.4, 0.5) is 5.69 Å². The van der Waals surface area contributed by atoms with Crippen molar-refractivity contribution >= 4 is 55.1 Å². The minimum absolute atomic E-state index is 0.127. The second kappa shape index (κ2) is 6.70. The van der Waals surface area contributed by atoms with Gasteiger partial charge in [-0.3, -0.25) is 9.78 Å². The number of nitrogens with zero attached hydrogens (tertiary/aromatic N) is 1. The molecule has 4 nitrogen and oxygen atoms in total. The Morgan fingerprint density at radius 3 is 2.50 bits per heavy atom. The van der Waals surface area contributed by atoms with Gasteiger partial charge in [0, 0.05) is 34.8 Å². The molecule has 4 rings (SSSR count). The Labute approximate surface area is 166 Å². The average molecular weight is 472 g/mol. The zero-order valence-electron chi connectivity index (χ0n) is 13.3. The molecule has 0 bridgehead atoms. The molecule has 0 fully saturated rings. The van der Waals surface area contributed by atoms with Crippen molar-refractivity contribution in [1.82, 2.24) is 4.98 Å². The van der Waals surface area contributed by atoms with E-state index in [1.807, 2.05) is 36.4 Å². The van der Waals surface area contributed by atoms with Crippen LogP contribution in [0.3, 0.4) is 0 Å². The topological polar surface area (TPSA) is 62.2 Å². The summed E-state index contributed by atoms with van der Waals surface area (Å²) >= 11 is 6.64. The summed E-state index contributed by atoms with van der Waals surface area (Å²) < 4.78 is 1.11. The summed E-state index contributed by atoms with van der Waals surface area (Å²) in [6, 6.07) is 13.3. The number of carbonyl (C=O) groups excluding carboxylic acids is 1. The van der Waals surface area contributed by atoms with Crippen LogP contribution < -0.4 is 5.32 Å². The Morgan fingerprint density at radius 2 is 1.81 bits per heavy atom. The molecule has 1 aromatic heterocycles. The molecule has 0 aliphatic carbocycles. The number of fused-ring (bicyclic) bond motifs is 1. The number of benzene rings is 2. The molecule has 6 heteroatoms. The number of halogens is 2. The summed E-state index contributed by atoms with van der Waals surface area (Å²) in [4.78, 5) is 16.6. The fourth-order valence-electron chi connectivity index (χ4n) is 2.88. The van der Waals surface area contributed by atoms with Crippen LogP contribution >= 0.6 is 31.9 Å². The number of phenols is 1. The lowest BCUT2D eigenvalue weighted by Gasteiger charge is -2.06. The molecular formula is C20H12Br2N2O2. The lowest BCUT2D eigenvalue weighted by Crippen LogP contribution is -2.03. The van der Waals surface area contributed by atoms with Crippen LogP contribution in [0.2, 0.25) is 0 Å². The Morgan fingerprint density at radius 1 is 1.04 bits per heavy atom. The first kappa shape index (κ1) is 17.0. The molecule has 3 aromatic rings. The maximum Gasteiger partial charge on any atom is 0.256 e. The monoisotopic (exact) mass is 470 g/mol. The van der Waals surface area contributed by atoms with Crippen LogP contribution in [0.5, 0.6) is 5.75 Å². The number of aromatic hydroxyl groups is 1. The Hall–Kier alpha value is -2.44. The van der Waals surface area contributed by atoms with E-state index in [0.717, 1.165) is 27.9 Å². The average Bonchev–Trinajstić information content (AvgIpc) is 2.95. The SMILES string of the molecule is O=C1Nc2ccc(-c3cccnc3)cc2/C1=C\c1cc(Br)c(O)c(Br)c1. The first-order valence-corrected chi connectivity index (χ1v) is 9.37. The summed E-state index contributed by atoms with van der Waals surface area (Å²) in [5.74, 6) is -0.0223. The number of aromatic nitrogens is 1. The van der Waals surface area contributed by atoms with E-state index in [1.165, 1.54) is 0 Å². The van der Waals surface area contributed by atoms with Crippen LogP contribution in [-0.2, 0) is 4.79 Å². The summed E-state index contributed by atoms with van der Waals surface area (Å²) in [5, 5.41) is 12.8. The molecule has 0 saturated heterocycles. The molecule has 26 heavy (non-hydrogen) atoms. The minimum Gasteiger partial charge on any atom is -0.506 e. The summed E-state index contributed by atoms with van der Waals surface area (Å²) in [7, 11) is 0. The van der Waals surface area contributed by atoms with E-state index in [0.29, 0.717) is 14.5 Å². The summed E-state index contributed by atoms with van der Waals surface area (Å²) in [5.41, 5.74) is 4.99. The molecule has 0 spiro atoms. The molecule has 1 amide bonds. The smallest absolute Gasteiger partial charge is 0.256 e. The standard InChI is InChI=1S/C20H12Br2N2O2/c21-16-7-11(8-17(22)19(16)25)6-15-14-9-12(13-2-1-5-23-10-13)3-4-18(14)24-20(15)26/h1-10,25H,(H,24,26)/b15-6+. The molecule has 128 valence electrons. The normalized spacial score (nSPS) is 14.4. The summed E-state index contributed by atoms with van der Waals surface area (Å²) in [6.45, 7) is 0. The van der Waals surface area contributed by atoms with Gasteiger partial charge in [-0.15, -0.1) is 0 Å². The number of phenolic OH excluding ortho intramolecular Hbond substituents is 1. The van der Waals surface area contributed by atoms with E-state index in [2.05, 4.69) is 42.2 Å². The van der Waals surface area contributed by atoms with Crippen molar-refractivity contribution in [3.8, 4) is 16.9 Å². The van der Waals surface area contributed by atoms with Gasteiger partial charge in [0.2, 0.25) is 0 Å². The van der Waals surface area contributed by atoms with Gasteiger partial charge in [0.25, 0.3) is 5.91 Å². The lowest BCUT2D eigenvalue weighted by molar-refractivity contribution is -0.110. The highest BCUT2D eigenvalue weighted by atomic mass is 79.9. The van der Waals surface area contributed by atoms with Gasteiger partial charge < -0.3 is 10.4 Å². The third-order valence-electron chi connectivity index (χ3n) is 4.15. The van der Waals surface area contributed by atoms with Crippen molar-refractivity contribution in [3.05, 3.63) is 74.9 Å². The molecule has 2 heterocycles. The van der Waals surface area contributed by atoms with E-state index in [-0.39, 0.29) is 11.7 Å². The van der Waals surface area contributed by atoms with E-state index in [1.54, 1.807) is 24.5 Å². The van der Waals surface area contributed by atoms with Gasteiger partial charge in [-0.2, -0.15) is 0 Å². The molecule has 0 unspecified atom stereocenters. The molecule has 0 radical (unpaired) electrons. The Balaban J connectivity index is 1.82. The number of hydrogen-bond donors (Lipinski definition) is 2. The van der Waals surface area contributed by atoms with Crippen molar-refractivity contribution in [1.29, 1.82) is 0 Å². The highest BCUT2D eigenvalue weighted by Gasteiger charge is 2.24.